The lowest BCUT2D eigenvalue weighted by Crippen LogP contribution is -2.21. The van der Waals surface area contributed by atoms with E-state index in [1.165, 1.54) is 19.9 Å². The van der Waals surface area contributed by atoms with Crippen LogP contribution in [-0.2, 0) is 26.7 Å². The molecule has 164 valence electrons. The molecule has 0 spiro atoms. The standard InChI is InChI=1S/C24H31FO4S/c1-15(2)21-8-7-9-22(16(3)4)23(21)13-19(26)14-30(28,29)20-11-17(24(5,6)27)10-18(25)12-20/h7-12,15-16,27H,13-14H2,1-6H3. The molecule has 1 N–H and O–H groups in total. The first-order chi connectivity index (χ1) is 13.7. The molecule has 0 fully saturated rings. The second-order valence-corrected chi connectivity index (χ2v) is 10.9. The Morgan fingerprint density at radius 1 is 1.03 bits per heavy atom. The number of hydrogen-bond donors (Lipinski definition) is 1. The molecule has 0 amide bonds. The lowest BCUT2D eigenvalue weighted by atomic mass is 9.86. The molecule has 4 nitrogen and oxygen atoms in total. The molecule has 2 aromatic rings. The molecule has 0 bridgehead atoms. The van der Waals surface area contributed by atoms with E-state index in [-0.39, 0.29) is 28.7 Å². The van der Waals surface area contributed by atoms with Crippen molar-refractivity contribution in [3.63, 3.8) is 0 Å². The summed E-state index contributed by atoms with van der Waals surface area (Å²) < 4.78 is 39.7. The number of halogens is 1. The Bertz CT molecular complexity index is 1010. The van der Waals surface area contributed by atoms with Crippen LogP contribution in [0.15, 0.2) is 41.3 Å². The summed E-state index contributed by atoms with van der Waals surface area (Å²) in [4.78, 5) is 12.5. The monoisotopic (exact) mass is 434 g/mol. The molecule has 30 heavy (non-hydrogen) atoms. The topological polar surface area (TPSA) is 71.4 Å². The van der Waals surface area contributed by atoms with Crippen molar-refractivity contribution >= 4 is 15.6 Å². The van der Waals surface area contributed by atoms with Gasteiger partial charge in [0.15, 0.2) is 15.6 Å². The summed E-state index contributed by atoms with van der Waals surface area (Å²) in [6.45, 7) is 11.0. The van der Waals surface area contributed by atoms with Gasteiger partial charge in [-0.15, -0.1) is 0 Å². The maximum Gasteiger partial charge on any atom is 0.185 e. The Balaban J connectivity index is 2.37. The average molecular weight is 435 g/mol. The molecule has 6 heteroatoms. The molecule has 2 rings (SSSR count). The van der Waals surface area contributed by atoms with Crippen LogP contribution in [0, 0.1) is 5.82 Å². The minimum atomic E-state index is -4.05. The van der Waals surface area contributed by atoms with Crippen LogP contribution in [0.4, 0.5) is 4.39 Å². The molecule has 0 saturated carbocycles. The highest BCUT2D eigenvalue weighted by Crippen LogP contribution is 2.29. The van der Waals surface area contributed by atoms with Crippen LogP contribution in [0.3, 0.4) is 0 Å². The van der Waals surface area contributed by atoms with Crippen LogP contribution >= 0.6 is 0 Å². The quantitative estimate of drug-likeness (QED) is 0.642. The van der Waals surface area contributed by atoms with Crippen LogP contribution in [0.2, 0.25) is 0 Å². The van der Waals surface area contributed by atoms with Crippen molar-refractivity contribution in [2.24, 2.45) is 0 Å². The van der Waals surface area contributed by atoms with E-state index in [9.17, 15) is 22.7 Å². The fourth-order valence-corrected chi connectivity index (χ4v) is 4.84. The third kappa shape index (κ3) is 5.76. The van der Waals surface area contributed by atoms with E-state index < -0.39 is 32.8 Å². The van der Waals surface area contributed by atoms with Gasteiger partial charge in [0.2, 0.25) is 0 Å². The first-order valence-corrected chi connectivity index (χ1v) is 11.8. The zero-order valence-electron chi connectivity index (χ0n) is 18.5. The highest BCUT2D eigenvalue weighted by Gasteiger charge is 2.26. The van der Waals surface area contributed by atoms with Crippen LogP contribution in [0.5, 0.6) is 0 Å². The highest BCUT2D eigenvalue weighted by molar-refractivity contribution is 7.92. The van der Waals surface area contributed by atoms with E-state index in [1.807, 2.05) is 45.9 Å². The van der Waals surface area contributed by atoms with E-state index in [0.717, 1.165) is 28.8 Å². The highest BCUT2D eigenvalue weighted by atomic mass is 32.2. The predicted molar refractivity (Wildman–Crippen MR) is 117 cm³/mol. The van der Waals surface area contributed by atoms with Crippen molar-refractivity contribution in [3.05, 3.63) is 64.5 Å². The molecule has 0 saturated heterocycles. The summed E-state index contributed by atoms with van der Waals surface area (Å²) >= 11 is 0. The summed E-state index contributed by atoms with van der Waals surface area (Å²) in [6.07, 6.45) is 0.00869. The Kier molecular flexibility index (Phi) is 7.25. The van der Waals surface area contributed by atoms with E-state index in [0.29, 0.717) is 0 Å². The predicted octanol–water partition coefficient (Wildman–Crippen LogP) is 4.89. The fourth-order valence-electron chi connectivity index (χ4n) is 3.55. The molecule has 0 atom stereocenters. The van der Waals surface area contributed by atoms with Crippen molar-refractivity contribution in [1.82, 2.24) is 0 Å². The summed E-state index contributed by atoms with van der Waals surface area (Å²) in [5, 5.41) is 10.1. The number of aliphatic hydroxyl groups is 1. The molecule has 0 aliphatic heterocycles. The van der Waals surface area contributed by atoms with E-state index in [2.05, 4.69) is 0 Å². The zero-order chi connectivity index (χ0) is 22.9. The van der Waals surface area contributed by atoms with Crippen LogP contribution < -0.4 is 0 Å². The Morgan fingerprint density at radius 3 is 2.03 bits per heavy atom. The van der Waals surface area contributed by atoms with Gasteiger partial charge in [0.1, 0.15) is 11.6 Å². The number of ketones is 1. The minimum absolute atomic E-state index is 0.00869. The SMILES string of the molecule is CC(C)c1cccc(C(C)C)c1CC(=O)CS(=O)(=O)c1cc(F)cc(C(C)(C)O)c1. The van der Waals surface area contributed by atoms with Gasteiger partial charge in [-0.3, -0.25) is 4.79 Å². The van der Waals surface area contributed by atoms with Gasteiger partial charge in [0.25, 0.3) is 0 Å². The number of benzene rings is 2. The molecular weight excluding hydrogens is 403 g/mol. The van der Waals surface area contributed by atoms with Crippen molar-refractivity contribution in [2.45, 2.75) is 70.3 Å². The number of carbonyl (C=O) groups is 1. The zero-order valence-corrected chi connectivity index (χ0v) is 19.3. The van der Waals surface area contributed by atoms with Crippen molar-refractivity contribution in [3.8, 4) is 0 Å². The first kappa shape index (κ1) is 24.2. The average Bonchev–Trinajstić information content (AvgIpc) is 2.59. The van der Waals surface area contributed by atoms with Crippen molar-refractivity contribution in [1.29, 1.82) is 0 Å². The fraction of sp³-hybridized carbons (Fsp3) is 0.458. The van der Waals surface area contributed by atoms with Gasteiger partial charge in [0, 0.05) is 6.42 Å². The van der Waals surface area contributed by atoms with Crippen molar-refractivity contribution in [2.75, 3.05) is 5.75 Å². The van der Waals surface area contributed by atoms with Gasteiger partial charge < -0.3 is 5.11 Å². The van der Waals surface area contributed by atoms with Gasteiger partial charge in [-0.25, -0.2) is 12.8 Å². The number of carbonyl (C=O) groups excluding carboxylic acids is 1. The molecule has 2 aromatic carbocycles. The van der Waals surface area contributed by atoms with Crippen molar-refractivity contribution < 1.29 is 22.7 Å². The Hall–Kier alpha value is -2.05. The second-order valence-electron chi connectivity index (χ2n) is 8.93. The maximum atomic E-state index is 14.0. The summed E-state index contributed by atoms with van der Waals surface area (Å²) in [5.41, 5.74) is 1.67. The molecule has 0 aliphatic rings. The molecule has 0 aromatic heterocycles. The van der Waals surface area contributed by atoms with Gasteiger partial charge in [0.05, 0.1) is 10.5 Å². The minimum Gasteiger partial charge on any atom is -0.386 e. The largest absolute Gasteiger partial charge is 0.386 e. The number of hydrogen-bond acceptors (Lipinski definition) is 4. The molecule has 0 radical (unpaired) electrons. The maximum absolute atomic E-state index is 14.0. The summed E-state index contributed by atoms with van der Waals surface area (Å²) in [5.74, 6) is -1.54. The normalized spacial score (nSPS) is 12.6. The number of rotatable bonds is 8. The lowest BCUT2D eigenvalue weighted by Gasteiger charge is -2.20. The molecule has 0 heterocycles. The van der Waals surface area contributed by atoms with E-state index in [4.69, 9.17) is 0 Å². The third-order valence-corrected chi connectivity index (χ3v) is 6.81. The smallest absolute Gasteiger partial charge is 0.185 e. The Morgan fingerprint density at radius 2 is 1.57 bits per heavy atom. The molecule has 0 unspecified atom stereocenters. The molecule has 0 aliphatic carbocycles. The summed E-state index contributed by atoms with van der Waals surface area (Å²) in [7, 11) is -4.05. The first-order valence-electron chi connectivity index (χ1n) is 10.1. The van der Waals surface area contributed by atoms with Gasteiger partial charge in [-0.05, 0) is 66.1 Å². The van der Waals surface area contributed by atoms with Crippen LogP contribution in [0.25, 0.3) is 0 Å². The Labute approximate surface area is 179 Å². The second kappa shape index (κ2) is 8.98. The van der Waals surface area contributed by atoms with Gasteiger partial charge >= 0.3 is 0 Å². The number of Topliss-reactive ketones (excluding diaryl/α,β-unsaturated/α-hetero) is 1. The molecular formula is C24H31FO4S. The van der Waals surface area contributed by atoms with E-state index >= 15 is 0 Å². The van der Waals surface area contributed by atoms with Crippen LogP contribution in [-0.4, -0.2) is 25.1 Å². The van der Waals surface area contributed by atoms with E-state index in [1.54, 1.807) is 0 Å². The van der Waals surface area contributed by atoms with Gasteiger partial charge in [-0.1, -0.05) is 45.9 Å². The van der Waals surface area contributed by atoms with Crippen LogP contribution in [0.1, 0.15) is 75.6 Å². The lowest BCUT2D eigenvalue weighted by molar-refractivity contribution is -0.116. The van der Waals surface area contributed by atoms with Gasteiger partial charge in [-0.2, -0.15) is 0 Å². The number of sulfone groups is 1. The summed E-state index contributed by atoms with van der Waals surface area (Å²) in [6, 6.07) is 9.10. The third-order valence-electron chi connectivity index (χ3n) is 5.15.